The minimum Gasteiger partial charge on any atom is -0.494 e. The molecule has 0 unspecified atom stereocenters. The van der Waals surface area contributed by atoms with Crippen LogP contribution in [-0.4, -0.2) is 16.8 Å². The third kappa shape index (κ3) is 8.41. The Morgan fingerprint density at radius 2 is 1.61 bits per heavy atom. The second-order valence-corrected chi connectivity index (χ2v) is 7.96. The van der Waals surface area contributed by atoms with Crippen LogP contribution < -0.4 is 4.74 Å². The summed E-state index contributed by atoms with van der Waals surface area (Å²) in [5.74, 6) is 1.79. The summed E-state index contributed by atoms with van der Waals surface area (Å²) in [6.07, 6.45) is 12.4. The first-order valence-electron chi connectivity index (χ1n) is 11.3. The van der Waals surface area contributed by atoms with E-state index < -0.39 is 0 Å². The smallest absolute Gasteiger partial charge is 0.119 e. The molecule has 154 valence electrons. The number of aromatic nitrogens is 2. The molecule has 1 aromatic carbocycles. The molecule has 0 N–H and O–H groups in total. The first-order valence-corrected chi connectivity index (χ1v) is 11.3. The zero-order valence-corrected chi connectivity index (χ0v) is 18.1. The molecule has 1 heterocycles. The van der Waals surface area contributed by atoms with E-state index in [0.717, 1.165) is 48.1 Å². The highest BCUT2D eigenvalue weighted by molar-refractivity contribution is 5.59. The van der Waals surface area contributed by atoms with E-state index in [4.69, 9.17) is 4.74 Å². The van der Waals surface area contributed by atoms with E-state index in [1.807, 2.05) is 12.1 Å². The highest BCUT2D eigenvalue weighted by atomic mass is 16.5. The summed E-state index contributed by atoms with van der Waals surface area (Å²) in [5, 5.41) is 8.79. The van der Waals surface area contributed by atoms with Crippen molar-refractivity contribution in [3.8, 4) is 17.0 Å². The second kappa shape index (κ2) is 13.3. The molecule has 1 atom stereocenters. The summed E-state index contributed by atoms with van der Waals surface area (Å²) in [5.41, 5.74) is 3.10. The van der Waals surface area contributed by atoms with Crippen LogP contribution in [0.15, 0.2) is 36.4 Å². The molecule has 0 bridgehead atoms. The predicted molar refractivity (Wildman–Crippen MR) is 119 cm³/mol. The van der Waals surface area contributed by atoms with Gasteiger partial charge in [-0.05, 0) is 61.6 Å². The second-order valence-electron chi connectivity index (χ2n) is 7.96. The summed E-state index contributed by atoms with van der Waals surface area (Å²) in [6, 6.07) is 12.4. The fourth-order valence-electron chi connectivity index (χ4n) is 3.27. The molecule has 2 rings (SSSR count). The van der Waals surface area contributed by atoms with Gasteiger partial charge in [-0.15, -0.1) is 0 Å². The number of ether oxygens (including phenoxy) is 1. The number of unbranched alkanes of at least 4 members (excludes halogenated alkanes) is 5. The van der Waals surface area contributed by atoms with Crippen molar-refractivity contribution in [3.63, 3.8) is 0 Å². The zero-order valence-electron chi connectivity index (χ0n) is 18.1. The van der Waals surface area contributed by atoms with Gasteiger partial charge in [-0.25, -0.2) is 0 Å². The van der Waals surface area contributed by atoms with Gasteiger partial charge in [0, 0.05) is 5.56 Å². The van der Waals surface area contributed by atoms with Crippen LogP contribution in [0.2, 0.25) is 0 Å². The van der Waals surface area contributed by atoms with E-state index in [1.54, 1.807) is 0 Å². The quantitative estimate of drug-likeness (QED) is 0.323. The minimum atomic E-state index is 0.798. The van der Waals surface area contributed by atoms with E-state index >= 15 is 0 Å². The molecule has 2 aromatic rings. The Morgan fingerprint density at radius 1 is 0.821 bits per heavy atom. The summed E-state index contributed by atoms with van der Waals surface area (Å²) in [4.78, 5) is 0. The molecule has 3 nitrogen and oxygen atoms in total. The number of hydrogen-bond donors (Lipinski definition) is 0. The summed E-state index contributed by atoms with van der Waals surface area (Å²) in [6.45, 7) is 7.64. The van der Waals surface area contributed by atoms with Crippen LogP contribution in [0.4, 0.5) is 0 Å². The topological polar surface area (TPSA) is 35.0 Å². The summed E-state index contributed by atoms with van der Waals surface area (Å²) in [7, 11) is 0. The largest absolute Gasteiger partial charge is 0.494 e. The molecule has 3 heteroatoms. The summed E-state index contributed by atoms with van der Waals surface area (Å²) >= 11 is 0. The van der Waals surface area contributed by atoms with Crippen LogP contribution in [0.3, 0.4) is 0 Å². The van der Waals surface area contributed by atoms with Crippen LogP contribution in [0.1, 0.15) is 84.3 Å². The van der Waals surface area contributed by atoms with Crippen LogP contribution in [0.5, 0.6) is 5.75 Å². The number of rotatable bonds is 14. The van der Waals surface area contributed by atoms with Crippen molar-refractivity contribution in [2.24, 2.45) is 5.92 Å². The first kappa shape index (κ1) is 22.4. The molecular weight excluding hydrogens is 344 g/mol. The third-order valence-corrected chi connectivity index (χ3v) is 5.46. The van der Waals surface area contributed by atoms with Crippen LogP contribution in [-0.2, 0) is 6.42 Å². The number of hydrogen-bond acceptors (Lipinski definition) is 3. The molecule has 0 aliphatic carbocycles. The standard InChI is InChI=1S/C25H38N2O/c1-4-6-7-10-13-23-16-19-25(27-26-23)22-14-17-24(18-15-22)28-20-11-8-9-12-21(3)5-2/h14-19,21H,4-13,20H2,1-3H3/t21-/m0/s1. The SMILES string of the molecule is CCCCCCc1ccc(-c2ccc(OCCCCC[C@@H](C)CC)cc2)nn1. The van der Waals surface area contributed by atoms with Crippen molar-refractivity contribution in [1.29, 1.82) is 0 Å². The Hall–Kier alpha value is -1.90. The Morgan fingerprint density at radius 3 is 2.29 bits per heavy atom. The maximum absolute atomic E-state index is 5.88. The van der Waals surface area contributed by atoms with Crippen molar-refractivity contribution in [2.45, 2.75) is 85.0 Å². The van der Waals surface area contributed by atoms with Crippen molar-refractivity contribution in [3.05, 3.63) is 42.1 Å². The van der Waals surface area contributed by atoms with Gasteiger partial charge in [0.1, 0.15) is 5.75 Å². The number of benzene rings is 1. The predicted octanol–water partition coefficient (Wildman–Crippen LogP) is 7.25. The van der Waals surface area contributed by atoms with Gasteiger partial charge in [-0.3, -0.25) is 0 Å². The van der Waals surface area contributed by atoms with Crippen molar-refractivity contribution >= 4 is 0 Å². The fraction of sp³-hybridized carbons (Fsp3) is 0.600. The van der Waals surface area contributed by atoms with Gasteiger partial charge in [0.15, 0.2) is 0 Å². The van der Waals surface area contributed by atoms with Crippen LogP contribution >= 0.6 is 0 Å². The monoisotopic (exact) mass is 382 g/mol. The van der Waals surface area contributed by atoms with E-state index in [2.05, 4.69) is 55.2 Å². The van der Waals surface area contributed by atoms with Gasteiger partial charge >= 0.3 is 0 Å². The average molecular weight is 383 g/mol. The molecule has 28 heavy (non-hydrogen) atoms. The lowest BCUT2D eigenvalue weighted by Crippen LogP contribution is -1.99. The highest BCUT2D eigenvalue weighted by Crippen LogP contribution is 2.21. The van der Waals surface area contributed by atoms with Crippen molar-refractivity contribution in [1.82, 2.24) is 10.2 Å². The van der Waals surface area contributed by atoms with Crippen molar-refractivity contribution in [2.75, 3.05) is 6.61 Å². The lowest BCUT2D eigenvalue weighted by Gasteiger charge is -2.09. The van der Waals surface area contributed by atoms with Crippen LogP contribution in [0, 0.1) is 5.92 Å². The fourth-order valence-corrected chi connectivity index (χ4v) is 3.27. The average Bonchev–Trinajstić information content (AvgIpc) is 2.74. The lowest BCUT2D eigenvalue weighted by atomic mass is 10.0. The Bertz CT molecular complexity index is 637. The molecular formula is C25H38N2O. The number of nitrogens with zero attached hydrogens (tertiary/aromatic N) is 2. The Labute approximate surface area is 171 Å². The van der Waals surface area contributed by atoms with Gasteiger partial charge < -0.3 is 4.74 Å². The van der Waals surface area contributed by atoms with Crippen molar-refractivity contribution < 1.29 is 4.74 Å². The van der Waals surface area contributed by atoms with Gasteiger partial charge in [0.2, 0.25) is 0 Å². The lowest BCUT2D eigenvalue weighted by molar-refractivity contribution is 0.302. The van der Waals surface area contributed by atoms with E-state index in [-0.39, 0.29) is 0 Å². The van der Waals surface area contributed by atoms with Crippen LogP contribution in [0.25, 0.3) is 11.3 Å². The highest BCUT2D eigenvalue weighted by Gasteiger charge is 2.03. The molecule has 1 aromatic heterocycles. The molecule has 0 fully saturated rings. The molecule has 0 saturated carbocycles. The van der Waals surface area contributed by atoms with E-state index in [9.17, 15) is 0 Å². The maximum atomic E-state index is 5.88. The molecule has 0 spiro atoms. The molecule has 0 saturated heterocycles. The maximum Gasteiger partial charge on any atom is 0.119 e. The molecule has 0 aliphatic rings. The molecule has 0 amide bonds. The first-order chi connectivity index (χ1) is 13.7. The minimum absolute atomic E-state index is 0.798. The van der Waals surface area contributed by atoms with Gasteiger partial charge in [0.05, 0.1) is 18.0 Å². The van der Waals surface area contributed by atoms with Gasteiger partial charge in [-0.1, -0.05) is 65.7 Å². The summed E-state index contributed by atoms with van der Waals surface area (Å²) < 4.78 is 5.88. The molecule has 0 radical (unpaired) electrons. The Kier molecular flexibility index (Phi) is 10.6. The Balaban J connectivity index is 1.71. The zero-order chi connectivity index (χ0) is 20.0. The van der Waals surface area contributed by atoms with E-state index in [0.29, 0.717) is 0 Å². The number of aryl methyl sites for hydroxylation is 1. The van der Waals surface area contributed by atoms with Gasteiger partial charge in [-0.2, -0.15) is 10.2 Å². The van der Waals surface area contributed by atoms with Gasteiger partial charge in [0.25, 0.3) is 0 Å². The molecule has 0 aliphatic heterocycles. The van der Waals surface area contributed by atoms with E-state index in [1.165, 1.54) is 51.4 Å². The third-order valence-electron chi connectivity index (χ3n) is 5.46. The normalized spacial score (nSPS) is 12.1.